The molecule has 0 bridgehead atoms. The fourth-order valence-electron chi connectivity index (χ4n) is 10.8. The number of carbonyl (C=O) groups excluding carboxylic acids is 4. The minimum absolute atomic E-state index is 0.0179. The third kappa shape index (κ3) is 74.3. The molecule has 590 valence electrons. The molecule has 3 N–H and O–H groups in total. The van der Waals surface area contributed by atoms with Gasteiger partial charge in [-0.25, -0.2) is 9.13 Å². The second-order valence-electron chi connectivity index (χ2n) is 27.0. The van der Waals surface area contributed by atoms with Crippen molar-refractivity contribution in [2.75, 3.05) is 39.6 Å². The molecule has 0 saturated carbocycles. The van der Waals surface area contributed by atoms with Gasteiger partial charge >= 0.3 is 39.5 Å². The van der Waals surface area contributed by atoms with Crippen LogP contribution < -0.4 is 0 Å². The van der Waals surface area contributed by atoms with Crippen molar-refractivity contribution >= 4 is 39.5 Å². The van der Waals surface area contributed by atoms with Crippen LogP contribution in [0.2, 0.25) is 0 Å². The Morgan fingerprint density at radius 1 is 0.275 bits per heavy atom. The van der Waals surface area contributed by atoms with E-state index in [-0.39, 0.29) is 25.7 Å². The van der Waals surface area contributed by atoms with Crippen LogP contribution in [0.3, 0.4) is 0 Å². The number of esters is 4. The number of aliphatic hydroxyl groups excluding tert-OH is 1. The molecular weight excluding hydrogens is 1330 g/mol. The molecule has 0 aromatic heterocycles. The van der Waals surface area contributed by atoms with Crippen molar-refractivity contribution in [2.24, 2.45) is 0 Å². The molecule has 102 heavy (non-hydrogen) atoms. The van der Waals surface area contributed by atoms with Crippen LogP contribution in [0.25, 0.3) is 0 Å². The fraction of sp³-hybridized carbons (Fsp3) is 0.759. The SMILES string of the molecule is CCCCC/C=C\C/C=C\C/C=C\C/C=C\CCCC(=O)O[C@H](COC(=O)CCCCCCC/C=C\CCCCCCCC)COP(=O)(O)OC[C@@H](O)COP(=O)(O)OC[C@@H](COC(=O)CCCCCCCCC/C=C\CCCCCC)OC(=O)CCCCCCC/C=C\C/C=C\CCCCC. The van der Waals surface area contributed by atoms with Crippen molar-refractivity contribution in [2.45, 2.75) is 367 Å². The van der Waals surface area contributed by atoms with E-state index >= 15 is 0 Å². The van der Waals surface area contributed by atoms with Crippen molar-refractivity contribution < 1.29 is 80.2 Å². The summed E-state index contributed by atoms with van der Waals surface area (Å²) in [6.45, 7) is 4.75. The molecule has 0 rings (SSSR count). The Bertz CT molecular complexity index is 2310. The van der Waals surface area contributed by atoms with Gasteiger partial charge in [0.25, 0.3) is 0 Å². The number of unbranched alkanes of at least 4 members (excludes halogenated alkanes) is 34. The van der Waals surface area contributed by atoms with Crippen LogP contribution in [-0.2, 0) is 65.4 Å². The number of hydrogen-bond acceptors (Lipinski definition) is 15. The number of carbonyl (C=O) groups is 4. The van der Waals surface area contributed by atoms with E-state index in [1.54, 1.807) is 0 Å². The number of aliphatic hydroxyl groups is 1. The first-order valence-corrected chi connectivity index (χ1v) is 43.5. The van der Waals surface area contributed by atoms with Gasteiger partial charge < -0.3 is 33.8 Å². The lowest BCUT2D eigenvalue weighted by atomic mass is 10.1. The third-order valence-corrected chi connectivity index (χ3v) is 18.9. The highest BCUT2D eigenvalue weighted by Crippen LogP contribution is 2.45. The minimum Gasteiger partial charge on any atom is -0.462 e. The van der Waals surface area contributed by atoms with E-state index in [9.17, 15) is 43.2 Å². The number of allylic oxidation sites excluding steroid dienone is 16. The van der Waals surface area contributed by atoms with E-state index in [4.69, 9.17) is 37.0 Å². The Morgan fingerprint density at radius 3 is 0.814 bits per heavy atom. The van der Waals surface area contributed by atoms with Crippen LogP contribution in [0.15, 0.2) is 97.2 Å². The predicted octanol–water partition coefficient (Wildman–Crippen LogP) is 23.6. The molecule has 0 aliphatic heterocycles. The van der Waals surface area contributed by atoms with Gasteiger partial charge in [-0.05, 0) is 148 Å². The zero-order valence-electron chi connectivity index (χ0n) is 64.5. The van der Waals surface area contributed by atoms with E-state index in [0.717, 1.165) is 148 Å². The Balaban J connectivity index is 5.42. The van der Waals surface area contributed by atoms with Crippen LogP contribution in [0.1, 0.15) is 349 Å². The first-order chi connectivity index (χ1) is 49.7. The highest BCUT2D eigenvalue weighted by Gasteiger charge is 2.30. The Labute approximate surface area is 620 Å². The van der Waals surface area contributed by atoms with Crippen LogP contribution in [0.4, 0.5) is 0 Å². The summed E-state index contributed by atoms with van der Waals surface area (Å²) >= 11 is 0. The minimum atomic E-state index is -4.99. The molecule has 0 saturated heterocycles. The summed E-state index contributed by atoms with van der Waals surface area (Å²) in [5, 5.41) is 10.6. The molecule has 2 unspecified atom stereocenters. The summed E-state index contributed by atoms with van der Waals surface area (Å²) in [5.41, 5.74) is 0. The van der Waals surface area contributed by atoms with Crippen molar-refractivity contribution in [3.63, 3.8) is 0 Å². The average molecular weight is 1480 g/mol. The third-order valence-electron chi connectivity index (χ3n) is 17.0. The van der Waals surface area contributed by atoms with Gasteiger partial charge in [0.2, 0.25) is 0 Å². The van der Waals surface area contributed by atoms with Gasteiger partial charge in [0, 0.05) is 25.7 Å². The molecule has 0 aromatic carbocycles. The molecule has 17 nitrogen and oxygen atoms in total. The molecule has 0 aromatic rings. The number of phosphoric acid groups is 2. The van der Waals surface area contributed by atoms with Crippen molar-refractivity contribution in [1.29, 1.82) is 0 Å². The molecule has 19 heteroatoms. The van der Waals surface area contributed by atoms with Gasteiger partial charge in [-0.1, -0.05) is 273 Å². The maximum atomic E-state index is 13.1. The Kier molecular flexibility index (Phi) is 72.3. The first-order valence-electron chi connectivity index (χ1n) is 40.5. The molecule has 0 amide bonds. The van der Waals surface area contributed by atoms with Gasteiger partial charge in [0.15, 0.2) is 12.2 Å². The lowest BCUT2D eigenvalue weighted by Gasteiger charge is -2.21. The highest BCUT2D eigenvalue weighted by atomic mass is 31.2. The molecule has 0 aliphatic rings. The summed E-state index contributed by atoms with van der Waals surface area (Å²) in [6.07, 6.45) is 79.6. The van der Waals surface area contributed by atoms with E-state index in [1.165, 1.54) is 116 Å². The predicted molar refractivity (Wildman–Crippen MR) is 418 cm³/mol. The maximum Gasteiger partial charge on any atom is 0.472 e. The van der Waals surface area contributed by atoms with Crippen molar-refractivity contribution in [1.82, 2.24) is 0 Å². The monoisotopic (exact) mass is 1480 g/mol. The second kappa shape index (κ2) is 75.2. The molecule has 0 fully saturated rings. The normalized spacial score (nSPS) is 14.4. The Hall–Kier alpha value is -4.02. The van der Waals surface area contributed by atoms with Crippen molar-refractivity contribution in [3.05, 3.63) is 97.2 Å². The van der Waals surface area contributed by atoms with Gasteiger partial charge in [-0.2, -0.15) is 0 Å². The van der Waals surface area contributed by atoms with Gasteiger partial charge in [0.05, 0.1) is 26.4 Å². The van der Waals surface area contributed by atoms with Crippen LogP contribution in [0, 0.1) is 0 Å². The van der Waals surface area contributed by atoms with Crippen LogP contribution >= 0.6 is 15.6 Å². The van der Waals surface area contributed by atoms with Gasteiger partial charge in [-0.15, -0.1) is 0 Å². The molecule has 0 radical (unpaired) electrons. The van der Waals surface area contributed by atoms with E-state index in [0.29, 0.717) is 32.1 Å². The summed E-state index contributed by atoms with van der Waals surface area (Å²) in [5.74, 6) is -2.25. The maximum absolute atomic E-state index is 13.1. The van der Waals surface area contributed by atoms with Gasteiger partial charge in [0.1, 0.15) is 19.3 Å². The van der Waals surface area contributed by atoms with E-state index in [2.05, 4.69) is 113 Å². The number of hydrogen-bond donors (Lipinski definition) is 3. The number of ether oxygens (including phenoxy) is 4. The standard InChI is InChI=1S/C83H146O17P2/c1-5-9-13-17-21-25-29-33-37-38-42-46-50-54-58-62-66-70-83(88)100-79(74-94-81(86)68-64-60-56-52-48-44-40-35-31-27-23-19-15-11-7-3)76-98-102(91,92)96-72-77(84)71-95-101(89,90)97-75-78(99-82(87)69-65-61-57-53-49-45-41-36-32-28-24-20-16-12-8-4)73-93-80(85)67-63-59-55-51-47-43-39-34-30-26-22-18-14-10-6-2/h21,24-26,28,30,33,35-37,40-42,46,54,58,77-79,84H,5-20,22-23,27,29,31-32,34,38-39,43-45,47-53,55-57,59-76H2,1-4H3,(H,89,90)(H,91,92)/b25-21-,28-24-,30-26-,37-33-,40-35-,41-36-,46-42-,58-54-/t77-,78+,79+/m0/s1. The summed E-state index contributed by atoms with van der Waals surface area (Å²) in [4.78, 5) is 73.0. The van der Waals surface area contributed by atoms with Crippen LogP contribution in [-0.4, -0.2) is 96.7 Å². The zero-order chi connectivity index (χ0) is 74.6. The topological polar surface area (TPSA) is 237 Å². The van der Waals surface area contributed by atoms with Crippen LogP contribution in [0.5, 0.6) is 0 Å². The summed E-state index contributed by atoms with van der Waals surface area (Å²) in [7, 11) is -9.98. The molecule has 0 aliphatic carbocycles. The quantitative estimate of drug-likeness (QED) is 0.0169. The molecular formula is C83H146O17P2. The highest BCUT2D eigenvalue weighted by molar-refractivity contribution is 7.47. The van der Waals surface area contributed by atoms with E-state index in [1.807, 2.05) is 12.2 Å². The number of rotatable bonds is 76. The number of phosphoric ester groups is 2. The molecule has 0 heterocycles. The average Bonchev–Trinajstić information content (AvgIpc) is 0.917. The lowest BCUT2D eigenvalue weighted by Crippen LogP contribution is -2.30. The van der Waals surface area contributed by atoms with E-state index < -0.39 is 97.5 Å². The van der Waals surface area contributed by atoms with Gasteiger partial charge in [-0.3, -0.25) is 37.3 Å². The van der Waals surface area contributed by atoms with Crippen molar-refractivity contribution in [3.8, 4) is 0 Å². The summed E-state index contributed by atoms with van der Waals surface area (Å²) < 4.78 is 68.6. The largest absolute Gasteiger partial charge is 0.472 e. The first kappa shape index (κ1) is 98.0. The smallest absolute Gasteiger partial charge is 0.462 e. The zero-order valence-corrected chi connectivity index (χ0v) is 66.3. The summed E-state index contributed by atoms with van der Waals surface area (Å²) in [6, 6.07) is 0. The Morgan fingerprint density at radius 2 is 0.490 bits per heavy atom. The lowest BCUT2D eigenvalue weighted by molar-refractivity contribution is -0.161. The molecule has 0 spiro atoms. The molecule has 5 atom stereocenters. The second-order valence-corrected chi connectivity index (χ2v) is 29.9. The fourth-order valence-corrected chi connectivity index (χ4v) is 12.3.